The summed E-state index contributed by atoms with van der Waals surface area (Å²) in [5.41, 5.74) is 2.90. The van der Waals surface area contributed by atoms with Crippen molar-refractivity contribution >= 4 is 17.8 Å². The Morgan fingerprint density at radius 3 is 2.48 bits per heavy atom. The van der Waals surface area contributed by atoms with Crippen LogP contribution in [0.5, 0.6) is 34.5 Å². The molecule has 6 rings (SSSR count). The van der Waals surface area contributed by atoms with Crippen LogP contribution >= 0.6 is 0 Å². The van der Waals surface area contributed by atoms with Crippen molar-refractivity contribution in [1.29, 1.82) is 5.26 Å². The number of methoxy groups -OCH3 is 1. The molecule has 0 aliphatic carbocycles. The zero-order valence-electron chi connectivity index (χ0n) is 23.0. The molecule has 11 heteroatoms. The van der Waals surface area contributed by atoms with Gasteiger partial charge >= 0.3 is 5.97 Å². The third-order valence-corrected chi connectivity index (χ3v) is 8.49. The molecule has 0 radical (unpaired) electrons. The fourth-order valence-electron chi connectivity index (χ4n) is 6.88. The molecule has 4 aliphatic heterocycles. The first-order valence-electron chi connectivity index (χ1n) is 13.0. The predicted molar refractivity (Wildman–Crippen MR) is 141 cm³/mol. The van der Waals surface area contributed by atoms with E-state index in [2.05, 4.69) is 6.07 Å². The molecule has 1 saturated heterocycles. The number of ether oxygens (including phenoxy) is 4. The summed E-state index contributed by atoms with van der Waals surface area (Å²) in [5, 5.41) is 33.1. The number of likely N-dealkylation sites (N-methyl/N-ethyl adjacent to an activating group) is 1. The van der Waals surface area contributed by atoms with Gasteiger partial charge in [-0.1, -0.05) is 6.92 Å². The van der Waals surface area contributed by atoms with Crippen molar-refractivity contribution in [3.8, 4) is 40.6 Å². The predicted octanol–water partition coefficient (Wildman–Crippen LogP) is 3.63. The number of carbonyl (C=O) groups excluding carboxylic acids is 2. The summed E-state index contributed by atoms with van der Waals surface area (Å²) in [5.74, 6) is -0.156. The third-order valence-electron chi connectivity index (χ3n) is 8.49. The molecule has 208 valence electrons. The number of phenols is 2. The van der Waals surface area contributed by atoms with E-state index in [-0.39, 0.29) is 40.7 Å². The van der Waals surface area contributed by atoms with Gasteiger partial charge in [-0.3, -0.25) is 14.5 Å². The minimum atomic E-state index is -0.938. The smallest absolute Gasteiger partial charge is 0.308 e. The Labute approximate surface area is 230 Å². The molecule has 4 heterocycles. The maximum absolute atomic E-state index is 14.0. The van der Waals surface area contributed by atoms with Gasteiger partial charge in [-0.2, -0.15) is 5.26 Å². The van der Waals surface area contributed by atoms with E-state index in [1.165, 1.54) is 14.0 Å². The Balaban J connectivity index is 1.73. The Hall–Kier alpha value is -4.43. The third kappa shape index (κ3) is 3.08. The van der Waals surface area contributed by atoms with Crippen molar-refractivity contribution in [2.75, 3.05) is 21.0 Å². The molecule has 2 bridgehead atoms. The molecule has 0 aromatic heterocycles. The van der Waals surface area contributed by atoms with E-state index >= 15 is 0 Å². The highest BCUT2D eigenvalue weighted by Crippen LogP contribution is 2.60. The molecule has 4 aliphatic rings. The highest BCUT2D eigenvalue weighted by molar-refractivity contribution is 6.07. The van der Waals surface area contributed by atoms with Crippen molar-refractivity contribution in [1.82, 2.24) is 9.80 Å². The maximum atomic E-state index is 14.0. The number of carbonyl (C=O) groups is 2. The number of fused-ring (bicyclic) bond motifs is 9. The number of Topliss-reactive ketones (excluding diaryl/α,β-unsaturated/α-hetero) is 1. The fourth-order valence-corrected chi connectivity index (χ4v) is 6.88. The average Bonchev–Trinajstić information content (AvgIpc) is 3.41. The van der Waals surface area contributed by atoms with E-state index in [0.717, 1.165) is 0 Å². The summed E-state index contributed by atoms with van der Waals surface area (Å²) >= 11 is 0. The van der Waals surface area contributed by atoms with Gasteiger partial charge in [0.05, 0.1) is 30.8 Å². The number of nitriles is 1. The second-order valence-electron chi connectivity index (χ2n) is 10.4. The van der Waals surface area contributed by atoms with Gasteiger partial charge in [-0.05, 0) is 33.4 Å². The Bertz CT molecular complexity index is 1590. The number of phenolic OH excluding ortho intramolecular Hbond substituents is 2. The van der Waals surface area contributed by atoms with E-state index in [4.69, 9.17) is 18.9 Å². The minimum absolute atomic E-state index is 0.00698. The van der Waals surface area contributed by atoms with Gasteiger partial charge in [-0.25, -0.2) is 0 Å². The van der Waals surface area contributed by atoms with Gasteiger partial charge in [0.15, 0.2) is 28.8 Å². The first-order chi connectivity index (χ1) is 19.1. The molecule has 40 heavy (non-hydrogen) atoms. The Morgan fingerprint density at radius 2 is 1.85 bits per heavy atom. The summed E-state index contributed by atoms with van der Waals surface area (Å²) in [6.45, 7) is 6.61. The van der Waals surface area contributed by atoms with Crippen LogP contribution in [0, 0.1) is 25.2 Å². The molecule has 0 unspecified atom stereocenters. The molecule has 11 nitrogen and oxygen atoms in total. The van der Waals surface area contributed by atoms with Gasteiger partial charge < -0.3 is 34.1 Å². The topological polar surface area (TPSA) is 142 Å². The number of nitrogens with zero attached hydrogens (tertiary/aromatic N) is 3. The van der Waals surface area contributed by atoms with Crippen LogP contribution in [0.3, 0.4) is 0 Å². The Morgan fingerprint density at radius 1 is 1.15 bits per heavy atom. The number of hydrogen-bond acceptors (Lipinski definition) is 11. The van der Waals surface area contributed by atoms with E-state index < -0.39 is 35.9 Å². The lowest BCUT2D eigenvalue weighted by Gasteiger charge is -2.56. The number of rotatable bonds is 3. The standard InChI is InChI=1S/C29H29N3O8/c1-7-15-18-14(26(40-13(4)33)12(3)28-29(18)39-10-38-28)8-16-21-19-20(23(34)11(2)27(37-6)25(19)36)24(35)22(31(21)5)17(9-30)32(15)16/h8,15,17,21-22,34,36H,7,10H2,1-6H3/t15-,17-,21+,22-/m0/s1. The van der Waals surface area contributed by atoms with Gasteiger partial charge in [0, 0.05) is 40.4 Å². The molecule has 2 aromatic carbocycles. The van der Waals surface area contributed by atoms with Crippen molar-refractivity contribution < 1.29 is 38.7 Å². The first kappa shape index (κ1) is 25.8. The van der Waals surface area contributed by atoms with Crippen LogP contribution in [0.15, 0.2) is 5.70 Å². The zero-order chi connectivity index (χ0) is 28.8. The monoisotopic (exact) mass is 547 g/mol. The van der Waals surface area contributed by atoms with Crippen molar-refractivity contribution in [2.45, 2.75) is 58.3 Å². The summed E-state index contributed by atoms with van der Waals surface area (Å²) < 4.78 is 22.8. The molecular formula is C29H29N3O8. The van der Waals surface area contributed by atoms with E-state index in [9.17, 15) is 25.1 Å². The number of piperazine rings is 1. The molecule has 0 amide bonds. The van der Waals surface area contributed by atoms with Crippen LogP contribution < -0.4 is 18.9 Å². The molecular weight excluding hydrogens is 518 g/mol. The summed E-state index contributed by atoms with van der Waals surface area (Å²) in [6.07, 6.45) is 2.33. The van der Waals surface area contributed by atoms with Gasteiger partial charge in [0.2, 0.25) is 6.79 Å². The SMILES string of the molecule is CC[C@H]1c2c(c(OC(C)=O)c(C)c3c2OCO3)C=C2[C@@H]3c4c(O)c(OC)c(C)c(O)c4C(=O)[C@H]([C@H](C#N)N21)N3C. The van der Waals surface area contributed by atoms with E-state index in [1.807, 2.05) is 17.9 Å². The van der Waals surface area contributed by atoms with Crippen LogP contribution in [-0.2, 0) is 4.79 Å². The molecule has 0 saturated carbocycles. The zero-order valence-corrected chi connectivity index (χ0v) is 23.0. The van der Waals surface area contributed by atoms with Crippen molar-refractivity contribution in [3.05, 3.63) is 39.1 Å². The number of esters is 1. The maximum Gasteiger partial charge on any atom is 0.308 e. The summed E-state index contributed by atoms with van der Waals surface area (Å²) in [6, 6.07) is -0.725. The minimum Gasteiger partial charge on any atom is -0.507 e. The quantitative estimate of drug-likeness (QED) is 0.330. The normalized spacial score (nSPS) is 24.0. The number of benzene rings is 2. The van der Waals surface area contributed by atoms with Crippen molar-refractivity contribution in [3.63, 3.8) is 0 Å². The molecule has 1 fully saturated rings. The van der Waals surface area contributed by atoms with Crippen molar-refractivity contribution in [2.24, 2.45) is 0 Å². The first-order valence-corrected chi connectivity index (χ1v) is 13.0. The van der Waals surface area contributed by atoms with Crippen LogP contribution in [0.25, 0.3) is 6.08 Å². The molecule has 4 atom stereocenters. The largest absolute Gasteiger partial charge is 0.507 e. The number of hydrogen-bond donors (Lipinski definition) is 2. The summed E-state index contributed by atoms with van der Waals surface area (Å²) in [4.78, 5) is 29.9. The van der Waals surface area contributed by atoms with Crippen LogP contribution in [0.4, 0.5) is 0 Å². The highest BCUT2D eigenvalue weighted by atomic mass is 16.7. The lowest BCUT2D eigenvalue weighted by molar-refractivity contribution is -0.131. The van der Waals surface area contributed by atoms with E-state index in [1.54, 1.807) is 25.8 Å². The van der Waals surface area contributed by atoms with Gasteiger partial charge in [-0.15, -0.1) is 0 Å². The highest BCUT2D eigenvalue weighted by Gasteiger charge is 2.57. The van der Waals surface area contributed by atoms with Crippen LogP contribution in [0.1, 0.15) is 70.5 Å². The lowest BCUT2D eigenvalue weighted by Crippen LogP contribution is -2.64. The van der Waals surface area contributed by atoms with Crippen LogP contribution in [0.2, 0.25) is 0 Å². The average molecular weight is 548 g/mol. The number of aromatic hydroxyl groups is 2. The second kappa shape index (κ2) is 8.79. The fraction of sp³-hybridized carbons (Fsp3) is 0.414. The van der Waals surface area contributed by atoms with Gasteiger partial charge in [0.1, 0.15) is 23.6 Å². The second-order valence-corrected chi connectivity index (χ2v) is 10.4. The lowest BCUT2D eigenvalue weighted by atomic mass is 9.74. The van der Waals surface area contributed by atoms with E-state index in [0.29, 0.717) is 46.1 Å². The van der Waals surface area contributed by atoms with Crippen LogP contribution in [-0.4, -0.2) is 64.8 Å². The Kier molecular flexibility index (Phi) is 5.68. The van der Waals surface area contributed by atoms with Gasteiger partial charge in [0.25, 0.3) is 0 Å². The molecule has 2 aromatic rings. The number of ketones is 1. The molecule has 2 N–H and O–H groups in total. The molecule has 0 spiro atoms. The summed E-state index contributed by atoms with van der Waals surface area (Å²) in [7, 11) is 3.10.